The second-order valence-corrected chi connectivity index (χ2v) is 5.50. The lowest BCUT2D eigenvalue weighted by Crippen LogP contribution is -1.97. The molecule has 0 amide bonds. The van der Waals surface area contributed by atoms with Gasteiger partial charge in [-0.2, -0.15) is 33.4 Å². The predicted octanol–water partition coefficient (Wildman–Crippen LogP) is 0.477. The molecule has 0 aliphatic heterocycles. The van der Waals surface area contributed by atoms with Gasteiger partial charge >= 0.3 is 35.9 Å². The maximum atomic E-state index is 10.2. The quantitative estimate of drug-likeness (QED) is 0.347. The van der Waals surface area contributed by atoms with Crippen LogP contribution in [0.5, 0.6) is 0 Å². The molecule has 3 aromatic rings. The summed E-state index contributed by atoms with van der Waals surface area (Å²) in [5, 5.41) is 43.1. The van der Waals surface area contributed by atoms with Crippen LogP contribution in [0.1, 0.15) is 18.8 Å². The normalized spacial score (nSPS) is 7.68. The number of carbonyl (C=O) groups excluding carboxylic acids is 6. The fourth-order valence-electron chi connectivity index (χ4n) is 1.75. The Kier molecular flexibility index (Phi) is 23.5. The Labute approximate surface area is 211 Å². The van der Waals surface area contributed by atoms with Gasteiger partial charge in [-0.05, 0) is 28.6 Å². The van der Waals surface area contributed by atoms with Crippen LogP contribution in [0.3, 0.4) is 0 Å². The maximum Gasteiger partial charge on any atom is 0.390 e. The Bertz CT molecular complexity index is 1180. The van der Waals surface area contributed by atoms with E-state index in [1.54, 1.807) is 27.9 Å². The average Bonchev–Trinajstić information content (AvgIpc) is 3.52. The van der Waals surface area contributed by atoms with E-state index in [9.17, 15) is 30.3 Å². The molecule has 0 bridgehead atoms. The Morgan fingerprint density at radius 1 is 0.789 bits per heavy atom. The standard InChI is InChI=1S/2C5H7N3O2.C3H3N3O2.3CO2.CH4/c1-4-3-5(8(9)10)6-7(4)2;1-4-3-5(8(9)10)7(2)6-4;7-6(8)3-1-2-4-5-3;3*2-1-3;/h2*3H,1-2H3;1-2H,(H,4,5);;;;1H4. The summed E-state index contributed by atoms with van der Waals surface area (Å²) in [5.74, 6) is -0.150. The van der Waals surface area contributed by atoms with Gasteiger partial charge in [-0.3, -0.25) is 0 Å². The summed E-state index contributed by atoms with van der Waals surface area (Å²) in [6.45, 7) is 3.48. The Morgan fingerprint density at radius 3 is 1.42 bits per heavy atom. The molecule has 0 saturated heterocycles. The fourth-order valence-corrected chi connectivity index (χ4v) is 1.75. The highest BCUT2D eigenvalue weighted by Gasteiger charge is 2.12. The first-order valence-electron chi connectivity index (χ1n) is 8.69. The molecule has 0 radical (unpaired) electrons. The van der Waals surface area contributed by atoms with Gasteiger partial charge in [0.15, 0.2) is 0 Å². The number of nitrogens with one attached hydrogen (secondary N) is 1. The van der Waals surface area contributed by atoms with Crippen LogP contribution in [0.2, 0.25) is 0 Å². The molecule has 21 nitrogen and oxygen atoms in total. The predicted molar refractivity (Wildman–Crippen MR) is 116 cm³/mol. The highest BCUT2D eigenvalue weighted by Crippen LogP contribution is 2.10. The fraction of sp³-hybridized carbons (Fsp3) is 0.294. The number of H-pyrrole nitrogens is 1. The van der Waals surface area contributed by atoms with Gasteiger partial charge in [0.2, 0.25) is 0 Å². The molecule has 0 atom stereocenters. The molecule has 0 fully saturated rings. The molecule has 0 saturated carbocycles. The van der Waals surface area contributed by atoms with Crippen molar-refractivity contribution in [3.63, 3.8) is 0 Å². The number of aryl methyl sites for hydroxylation is 4. The van der Waals surface area contributed by atoms with Gasteiger partial charge in [0, 0.05) is 0 Å². The van der Waals surface area contributed by atoms with Crippen molar-refractivity contribution >= 4 is 35.9 Å². The molecule has 0 unspecified atom stereocenters. The van der Waals surface area contributed by atoms with Crippen LogP contribution in [-0.4, -0.2) is 63.0 Å². The minimum absolute atomic E-state index is 0. The first kappa shape index (κ1) is 39.2. The van der Waals surface area contributed by atoms with Gasteiger partial charge < -0.3 is 30.3 Å². The summed E-state index contributed by atoms with van der Waals surface area (Å²) in [7, 11) is 3.22. The monoisotopic (exact) mass is 543 g/mol. The van der Waals surface area contributed by atoms with E-state index in [1.807, 2.05) is 0 Å². The summed E-state index contributed by atoms with van der Waals surface area (Å²) in [5.41, 5.74) is 1.45. The van der Waals surface area contributed by atoms with Crippen molar-refractivity contribution in [2.75, 3.05) is 0 Å². The lowest BCUT2D eigenvalue weighted by Gasteiger charge is -1.89. The Balaban J connectivity index is -0.000000196. The van der Waals surface area contributed by atoms with Gasteiger partial charge in [-0.1, -0.05) is 17.6 Å². The molecule has 3 heterocycles. The first-order chi connectivity index (χ1) is 17.3. The van der Waals surface area contributed by atoms with E-state index in [0.717, 1.165) is 5.69 Å². The molecule has 38 heavy (non-hydrogen) atoms. The van der Waals surface area contributed by atoms with Gasteiger partial charge in [0.05, 0.1) is 47.9 Å². The number of nitrogens with zero attached hydrogens (tertiary/aromatic N) is 8. The number of aromatic amines is 1. The largest absolute Gasteiger partial charge is 0.390 e. The molecular weight excluding hydrogens is 522 g/mol. The third-order valence-corrected chi connectivity index (χ3v) is 3.14. The summed E-state index contributed by atoms with van der Waals surface area (Å²) in [6.07, 6.45) is 2.08. The van der Waals surface area contributed by atoms with Crippen molar-refractivity contribution < 1.29 is 43.5 Å². The zero-order chi connectivity index (χ0) is 29.6. The van der Waals surface area contributed by atoms with E-state index in [1.165, 1.54) is 33.8 Å². The van der Waals surface area contributed by atoms with Crippen LogP contribution < -0.4 is 0 Å². The topological polar surface area (TPSA) is 296 Å². The number of hydrogen-bond acceptors (Lipinski definition) is 15. The molecule has 0 aliphatic carbocycles. The Morgan fingerprint density at radius 2 is 1.26 bits per heavy atom. The van der Waals surface area contributed by atoms with Gasteiger partial charge in [-0.25, -0.2) is 0 Å². The average molecular weight is 543 g/mol. The van der Waals surface area contributed by atoms with Crippen LogP contribution in [0.25, 0.3) is 0 Å². The summed E-state index contributed by atoms with van der Waals surface area (Å²) < 4.78 is 2.72. The molecule has 3 aromatic heterocycles. The van der Waals surface area contributed by atoms with Crippen molar-refractivity contribution in [3.8, 4) is 0 Å². The SMILES string of the molecule is C.Cc1cc([N+](=O)[O-])n(C)n1.Cc1cc([N+](=O)[O-])nn1C.O=C=O.O=C=O.O=C=O.O=[N+]([O-])c1ccn[nH]1. The number of nitro groups is 3. The minimum Gasteiger partial charge on any atom is -0.358 e. The van der Waals surface area contributed by atoms with E-state index in [2.05, 4.69) is 20.4 Å². The molecule has 0 spiro atoms. The van der Waals surface area contributed by atoms with Crippen molar-refractivity contribution in [1.82, 2.24) is 29.8 Å². The lowest BCUT2D eigenvalue weighted by molar-refractivity contribution is -0.392. The molecule has 1 N–H and O–H groups in total. The number of aromatic nitrogens is 6. The molecule has 0 aromatic carbocycles. The maximum absolute atomic E-state index is 10.2. The summed E-state index contributed by atoms with van der Waals surface area (Å²) in [4.78, 5) is 77.3. The van der Waals surface area contributed by atoms with Crippen molar-refractivity contribution in [1.29, 1.82) is 0 Å². The lowest BCUT2D eigenvalue weighted by atomic mass is 10.5. The highest BCUT2D eigenvalue weighted by molar-refractivity contribution is 5.22. The number of rotatable bonds is 3. The third kappa shape index (κ3) is 18.4. The molecule has 206 valence electrons. The van der Waals surface area contributed by atoms with Crippen LogP contribution in [0.15, 0.2) is 24.4 Å². The van der Waals surface area contributed by atoms with E-state index in [0.29, 0.717) is 5.69 Å². The molecule has 0 aliphatic rings. The molecule has 3 rings (SSSR count). The molecule has 21 heteroatoms. The van der Waals surface area contributed by atoms with Gasteiger partial charge in [0.1, 0.15) is 7.05 Å². The summed E-state index contributed by atoms with van der Waals surface area (Å²) in [6, 6.07) is 4.15. The smallest absolute Gasteiger partial charge is 0.358 e. The van der Waals surface area contributed by atoms with E-state index < -0.39 is 14.8 Å². The molecular formula is C17H21N9O12. The van der Waals surface area contributed by atoms with E-state index in [4.69, 9.17) is 28.8 Å². The van der Waals surface area contributed by atoms with Crippen LogP contribution >= 0.6 is 0 Å². The van der Waals surface area contributed by atoms with E-state index >= 15 is 0 Å². The third-order valence-electron chi connectivity index (χ3n) is 3.14. The highest BCUT2D eigenvalue weighted by atomic mass is 16.6. The first-order valence-corrected chi connectivity index (χ1v) is 8.69. The minimum atomic E-state index is -0.535. The van der Waals surface area contributed by atoms with Gasteiger partial charge in [0.25, 0.3) is 0 Å². The number of hydrogen-bond donors (Lipinski definition) is 1. The van der Waals surface area contributed by atoms with Crippen LogP contribution in [-0.2, 0) is 42.9 Å². The van der Waals surface area contributed by atoms with Crippen molar-refractivity contribution in [2.24, 2.45) is 14.1 Å². The zero-order valence-corrected chi connectivity index (χ0v) is 19.3. The Hall–Kier alpha value is -6.03. The van der Waals surface area contributed by atoms with Crippen LogP contribution in [0.4, 0.5) is 17.5 Å². The summed E-state index contributed by atoms with van der Waals surface area (Å²) >= 11 is 0. The van der Waals surface area contributed by atoms with Crippen LogP contribution in [0, 0.1) is 44.2 Å². The zero-order valence-electron chi connectivity index (χ0n) is 19.3. The van der Waals surface area contributed by atoms with Crippen molar-refractivity contribution in [2.45, 2.75) is 21.3 Å². The second kappa shape index (κ2) is 22.7. The van der Waals surface area contributed by atoms with Gasteiger partial charge in [-0.15, -0.1) is 9.78 Å². The van der Waals surface area contributed by atoms with E-state index in [-0.39, 0.29) is 43.3 Å². The second-order valence-electron chi connectivity index (χ2n) is 5.50. The van der Waals surface area contributed by atoms with Crippen molar-refractivity contribution in [3.05, 3.63) is 66.1 Å².